The lowest BCUT2D eigenvalue weighted by Gasteiger charge is -2.21. The number of rotatable bonds is 3. The minimum absolute atomic E-state index is 0.226. The zero-order valence-corrected chi connectivity index (χ0v) is 14.8. The molecule has 3 nitrogen and oxygen atoms in total. The fourth-order valence-corrected chi connectivity index (χ4v) is 3.65. The lowest BCUT2D eigenvalue weighted by molar-refractivity contribution is 0.223. The number of anilines is 1. The molecule has 2 N–H and O–H groups in total. The van der Waals surface area contributed by atoms with Gasteiger partial charge in [0.2, 0.25) is 0 Å². The highest BCUT2D eigenvalue weighted by Gasteiger charge is 2.18. The molecular weight excluding hydrogens is 322 g/mol. The van der Waals surface area contributed by atoms with Crippen LogP contribution in [-0.4, -0.2) is 24.3 Å². The Hall–Kier alpha value is -3.04. The van der Waals surface area contributed by atoms with Crippen molar-refractivity contribution < 1.29 is 10.2 Å². The molecule has 1 unspecified atom stereocenters. The van der Waals surface area contributed by atoms with Crippen LogP contribution in [0.3, 0.4) is 0 Å². The van der Waals surface area contributed by atoms with Crippen molar-refractivity contribution in [3.05, 3.63) is 83.9 Å². The zero-order chi connectivity index (χ0) is 18.3. The van der Waals surface area contributed by atoms with Crippen molar-refractivity contribution in [1.29, 1.82) is 0 Å². The number of aliphatic hydroxyl groups excluding tert-OH is 1. The summed E-state index contributed by atoms with van der Waals surface area (Å²) in [5, 5.41) is 25.1. The molecule has 0 saturated heterocycles. The number of benzene rings is 4. The van der Waals surface area contributed by atoms with Crippen LogP contribution >= 0.6 is 0 Å². The third-order valence-corrected chi connectivity index (χ3v) is 4.94. The third kappa shape index (κ3) is 2.57. The molecule has 4 aromatic carbocycles. The van der Waals surface area contributed by atoms with Gasteiger partial charge in [0.15, 0.2) is 0 Å². The molecule has 130 valence electrons. The molecule has 26 heavy (non-hydrogen) atoms. The monoisotopic (exact) mass is 343 g/mol. The molecule has 3 heteroatoms. The number of phenols is 1. The first kappa shape index (κ1) is 16.4. The maximum absolute atomic E-state index is 11.2. The first-order chi connectivity index (χ1) is 12.6. The van der Waals surface area contributed by atoms with Gasteiger partial charge in [-0.25, -0.2) is 0 Å². The molecule has 0 spiro atoms. The minimum Gasteiger partial charge on any atom is -0.507 e. The van der Waals surface area contributed by atoms with Crippen molar-refractivity contribution in [3.8, 4) is 5.75 Å². The van der Waals surface area contributed by atoms with Gasteiger partial charge in [0.05, 0.1) is 0 Å². The van der Waals surface area contributed by atoms with Crippen LogP contribution in [0.25, 0.3) is 21.5 Å². The van der Waals surface area contributed by atoms with Gasteiger partial charge < -0.3 is 15.1 Å². The van der Waals surface area contributed by atoms with Gasteiger partial charge in [-0.1, -0.05) is 60.7 Å². The molecule has 0 bridgehead atoms. The lowest BCUT2D eigenvalue weighted by atomic mass is 9.91. The summed E-state index contributed by atoms with van der Waals surface area (Å²) in [6, 6.07) is 23.2. The summed E-state index contributed by atoms with van der Waals surface area (Å²) < 4.78 is 0. The largest absolute Gasteiger partial charge is 0.507 e. The molecule has 0 radical (unpaired) electrons. The number of fused-ring (bicyclic) bond motifs is 2. The highest BCUT2D eigenvalue weighted by molar-refractivity contribution is 5.98. The molecule has 0 heterocycles. The molecule has 0 fully saturated rings. The van der Waals surface area contributed by atoms with E-state index in [4.69, 9.17) is 0 Å². The van der Waals surface area contributed by atoms with Crippen LogP contribution in [0.4, 0.5) is 5.69 Å². The van der Waals surface area contributed by atoms with E-state index in [1.807, 2.05) is 68.7 Å². The maximum Gasteiger partial charge on any atom is 0.123 e. The Morgan fingerprint density at radius 3 is 1.77 bits per heavy atom. The van der Waals surface area contributed by atoms with Crippen LogP contribution in [-0.2, 0) is 0 Å². The average Bonchev–Trinajstić information content (AvgIpc) is 2.67. The minimum atomic E-state index is -0.776. The summed E-state index contributed by atoms with van der Waals surface area (Å²) in [6.45, 7) is 0. The number of phenolic OH excluding ortho intramolecular Hbond substituents is 1. The summed E-state index contributed by atoms with van der Waals surface area (Å²) >= 11 is 0. The van der Waals surface area contributed by atoms with Gasteiger partial charge in [0.25, 0.3) is 0 Å². The number of aliphatic hydroxyl groups is 1. The van der Waals surface area contributed by atoms with Crippen molar-refractivity contribution in [2.75, 3.05) is 19.0 Å². The van der Waals surface area contributed by atoms with E-state index in [1.165, 1.54) is 0 Å². The fraction of sp³-hybridized carbons (Fsp3) is 0.130. The van der Waals surface area contributed by atoms with Crippen molar-refractivity contribution in [3.63, 3.8) is 0 Å². The first-order valence-corrected chi connectivity index (χ1v) is 8.65. The smallest absolute Gasteiger partial charge is 0.123 e. The summed E-state index contributed by atoms with van der Waals surface area (Å²) in [7, 11) is 4.04. The number of hydrogen-bond donors (Lipinski definition) is 2. The van der Waals surface area contributed by atoms with Gasteiger partial charge in [0.1, 0.15) is 11.9 Å². The lowest BCUT2D eigenvalue weighted by Crippen LogP contribution is -2.10. The molecule has 4 rings (SSSR count). The van der Waals surface area contributed by atoms with Crippen molar-refractivity contribution >= 4 is 27.2 Å². The van der Waals surface area contributed by atoms with E-state index in [9.17, 15) is 10.2 Å². The highest BCUT2D eigenvalue weighted by Crippen LogP contribution is 2.37. The quantitative estimate of drug-likeness (QED) is 0.559. The van der Waals surface area contributed by atoms with Gasteiger partial charge in [0, 0.05) is 30.6 Å². The molecule has 1 atom stereocenters. The van der Waals surface area contributed by atoms with E-state index in [1.54, 1.807) is 12.1 Å². The van der Waals surface area contributed by atoms with E-state index < -0.39 is 6.10 Å². The van der Waals surface area contributed by atoms with E-state index >= 15 is 0 Å². The molecule has 0 aromatic heterocycles. The standard InChI is InChI=1S/C23H21NO2/c1-24(2)21-13-11-19(15-7-3-5-9-17(15)21)23(26)20-12-14-22(25)18-10-6-4-8-16(18)20/h3-14,23,25-26H,1-2H3. The first-order valence-electron chi connectivity index (χ1n) is 8.65. The summed E-state index contributed by atoms with van der Waals surface area (Å²) in [6.07, 6.45) is -0.776. The van der Waals surface area contributed by atoms with Crippen molar-refractivity contribution in [2.24, 2.45) is 0 Å². The Morgan fingerprint density at radius 2 is 1.15 bits per heavy atom. The maximum atomic E-state index is 11.2. The normalized spacial score (nSPS) is 12.4. The molecular formula is C23H21NO2. The van der Waals surface area contributed by atoms with Crippen molar-refractivity contribution in [2.45, 2.75) is 6.10 Å². The Kier molecular flexibility index (Phi) is 4.02. The van der Waals surface area contributed by atoms with Crippen LogP contribution in [0.1, 0.15) is 17.2 Å². The van der Waals surface area contributed by atoms with Gasteiger partial charge in [-0.15, -0.1) is 0 Å². The molecule has 0 aliphatic rings. The molecule has 4 aromatic rings. The number of nitrogens with zero attached hydrogens (tertiary/aromatic N) is 1. The zero-order valence-electron chi connectivity index (χ0n) is 14.8. The van der Waals surface area contributed by atoms with Crippen LogP contribution in [0.15, 0.2) is 72.8 Å². The van der Waals surface area contributed by atoms with Crippen LogP contribution in [0.5, 0.6) is 5.75 Å². The predicted octanol–water partition coefficient (Wildman–Crippen LogP) is 4.85. The highest BCUT2D eigenvalue weighted by atomic mass is 16.3. The van der Waals surface area contributed by atoms with Crippen LogP contribution in [0, 0.1) is 0 Å². The molecule has 0 aliphatic heterocycles. The second kappa shape index (κ2) is 6.36. The van der Waals surface area contributed by atoms with Gasteiger partial charge in [-0.2, -0.15) is 0 Å². The Labute approximate surface area is 152 Å². The van der Waals surface area contributed by atoms with Crippen LogP contribution in [0.2, 0.25) is 0 Å². The second-order valence-corrected chi connectivity index (χ2v) is 6.74. The molecule has 0 amide bonds. The number of hydrogen-bond acceptors (Lipinski definition) is 3. The second-order valence-electron chi connectivity index (χ2n) is 6.74. The van der Waals surface area contributed by atoms with E-state index in [-0.39, 0.29) is 5.75 Å². The summed E-state index contributed by atoms with van der Waals surface area (Å²) in [5.41, 5.74) is 2.77. The van der Waals surface area contributed by atoms with E-state index in [0.29, 0.717) is 0 Å². The fourth-order valence-electron chi connectivity index (χ4n) is 3.65. The SMILES string of the molecule is CN(C)c1ccc(C(O)c2ccc(O)c3ccccc23)c2ccccc12. The van der Waals surface area contributed by atoms with E-state index in [0.717, 1.165) is 38.4 Å². The average molecular weight is 343 g/mol. The van der Waals surface area contributed by atoms with Gasteiger partial charge in [-0.3, -0.25) is 0 Å². The Balaban J connectivity index is 1.95. The Morgan fingerprint density at radius 1 is 0.654 bits per heavy atom. The van der Waals surface area contributed by atoms with E-state index in [2.05, 4.69) is 11.0 Å². The summed E-state index contributed by atoms with van der Waals surface area (Å²) in [5.74, 6) is 0.226. The van der Waals surface area contributed by atoms with Crippen LogP contribution < -0.4 is 4.90 Å². The summed E-state index contributed by atoms with van der Waals surface area (Å²) in [4.78, 5) is 2.08. The topological polar surface area (TPSA) is 43.7 Å². The Bertz CT molecular complexity index is 1100. The van der Waals surface area contributed by atoms with Gasteiger partial charge >= 0.3 is 0 Å². The predicted molar refractivity (Wildman–Crippen MR) is 108 cm³/mol. The number of aromatic hydroxyl groups is 1. The van der Waals surface area contributed by atoms with Crippen molar-refractivity contribution in [1.82, 2.24) is 0 Å². The molecule has 0 aliphatic carbocycles. The third-order valence-electron chi connectivity index (χ3n) is 4.94. The van der Waals surface area contributed by atoms with Gasteiger partial charge in [-0.05, 0) is 34.0 Å². The molecule has 0 saturated carbocycles.